The minimum Gasteiger partial charge on any atom is -0.326 e. The molecule has 0 unspecified atom stereocenters. The molecule has 108 valence electrons. The summed E-state index contributed by atoms with van der Waals surface area (Å²) in [6.07, 6.45) is 1.47. The van der Waals surface area contributed by atoms with Crippen LogP contribution in [0.3, 0.4) is 0 Å². The van der Waals surface area contributed by atoms with Gasteiger partial charge in [-0.25, -0.2) is 4.98 Å². The molecule has 0 fully saturated rings. The second-order valence-corrected chi connectivity index (χ2v) is 4.92. The van der Waals surface area contributed by atoms with E-state index in [0.29, 0.717) is 16.9 Å². The molecule has 0 radical (unpaired) electrons. The molecular formula is C15H14ClN3O2. The van der Waals surface area contributed by atoms with Crippen molar-refractivity contribution in [1.82, 2.24) is 4.98 Å². The summed E-state index contributed by atoms with van der Waals surface area (Å²) in [6, 6.07) is 8.33. The zero-order valence-corrected chi connectivity index (χ0v) is 12.4. The molecule has 2 amide bonds. The van der Waals surface area contributed by atoms with Crippen LogP contribution in [0.1, 0.15) is 22.8 Å². The summed E-state index contributed by atoms with van der Waals surface area (Å²) in [5, 5.41) is 5.75. The van der Waals surface area contributed by atoms with Crippen LogP contribution in [0.25, 0.3) is 0 Å². The van der Waals surface area contributed by atoms with E-state index in [2.05, 4.69) is 15.6 Å². The number of pyridine rings is 1. The number of aromatic nitrogens is 1. The van der Waals surface area contributed by atoms with Gasteiger partial charge in [-0.1, -0.05) is 11.6 Å². The van der Waals surface area contributed by atoms with E-state index in [-0.39, 0.29) is 17.0 Å². The topological polar surface area (TPSA) is 71.1 Å². The van der Waals surface area contributed by atoms with Gasteiger partial charge < -0.3 is 10.6 Å². The average molecular weight is 304 g/mol. The van der Waals surface area contributed by atoms with E-state index < -0.39 is 0 Å². The molecule has 0 aliphatic carbocycles. The number of carbonyl (C=O) groups is 2. The fourth-order valence-corrected chi connectivity index (χ4v) is 1.99. The molecule has 1 heterocycles. The Bertz CT molecular complexity index is 701. The van der Waals surface area contributed by atoms with Gasteiger partial charge in [0.2, 0.25) is 5.91 Å². The van der Waals surface area contributed by atoms with Crippen LogP contribution in [0.5, 0.6) is 0 Å². The van der Waals surface area contributed by atoms with Gasteiger partial charge in [0.05, 0.1) is 0 Å². The Balaban J connectivity index is 2.15. The molecule has 21 heavy (non-hydrogen) atoms. The lowest BCUT2D eigenvalue weighted by atomic mass is 10.1. The van der Waals surface area contributed by atoms with E-state index in [9.17, 15) is 9.59 Å². The normalized spacial score (nSPS) is 10.0. The number of nitrogens with zero attached hydrogens (tertiary/aromatic N) is 1. The summed E-state index contributed by atoms with van der Waals surface area (Å²) in [5.41, 5.74) is 2.64. The number of benzene rings is 1. The molecule has 1 aromatic carbocycles. The third kappa shape index (κ3) is 4.03. The molecule has 2 rings (SSSR count). The highest BCUT2D eigenvalue weighted by molar-refractivity contribution is 6.29. The van der Waals surface area contributed by atoms with Crippen molar-refractivity contribution in [3.05, 3.63) is 52.8 Å². The first kappa shape index (κ1) is 15.0. The fraction of sp³-hybridized carbons (Fsp3) is 0.133. The second-order valence-electron chi connectivity index (χ2n) is 4.53. The van der Waals surface area contributed by atoms with Crippen molar-refractivity contribution in [2.24, 2.45) is 0 Å². The monoisotopic (exact) mass is 303 g/mol. The van der Waals surface area contributed by atoms with Crippen LogP contribution in [0, 0.1) is 6.92 Å². The molecule has 6 heteroatoms. The number of carbonyl (C=O) groups excluding carboxylic acids is 2. The van der Waals surface area contributed by atoms with Crippen molar-refractivity contribution >= 4 is 34.8 Å². The van der Waals surface area contributed by atoms with E-state index >= 15 is 0 Å². The summed E-state index contributed by atoms with van der Waals surface area (Å²) < 4.78 is 0. The molecule has 0 saturated heterocycles. The van der Waals surface area contributed by atoms with E-state index in [4.69, 9.17) is 11.6 Å². The summed E-state index contributed by atoms with van der Waals surface area (Å²) >= 11 is 5.76. The number of amides is 2. The van der Waals surface area contributed by atoms with E-state index in [1.807, 2.05) is 6.92 Å². The molecule has 5 nitrogen and oxygen atoms in total. The molecule has 0 saturated carbocycles. The minimum atomic E-state index is -0.272. The summed E-state index contributed by atoms with van der Waals surface area (Å²) in [4.78, 5) is 26.9. The Labute approximate surface area is 127 Å². The van der Waals surface area contributed by atoms with Crippen LogP contribution in [0.4, 0.5) is 11.4 Å². The van der Waals surface area contributed by atoms with Gasteiger partial charge in [0.25, 0.3) is 5.91 Å². The Morgan fingerprint density at radius 1 is 1.14 bits per heavy atom. The maximum absolute atomic E-state index is 12.1. The highest BCUT2D eigenvalue weighted by Crippen LogP contribution is 2.20. The zero-order valence-electron chi connectivity index (χ0n) is 11.6. The summed E-state index contributed by atoms with van der Waals surface area (Å²) in [5.74, 6) is -0.410. The van der Waals surface area contributed by atoms with Gasteiger partial charge in [-0.15, -0.1) is 0 Å². The number of nitrogens with one attached hydrogen (secondary N) is 2. The first-order chi connectivity index (χ1) is 9.95. The maximum Gasteiger partial charge on any atom is 0.255 e. The molecular weight excluding hydrogens is 290 g/mol. The SMILES string of the molecule is CC(=O)Nc1ccc(NC(=O)c2ccnc(Cl)c2)cc1C. The largest absolute Gasteiger partial charge is 0.326 e. The van der Waals surface area contributed by atoms with Gasteiger partial charge in [-0.3, -0.25) is 9.59 Å². The molecule has 2 N–H and O–H groups in total. The standard InChI is InChI=1S/C15H14ClN3O2/c1-9-7-12(3-4-13(9)18-10(2)20)19-15(21)11-5-6-17-14(16)8-11/h3-8H,1-2H3,(H,18,20)(H,19,21). The van der Waals surface area contributed by atoms with Crippen LogP contribution >= 0.6 is 11.6 Å². The molecule has 0 bridgehead atoms. The van der Waals surface area contributed by atoms with E-state index in [1.165, 1.54) is 19.2 Å². The lowest BCUT2D eigenvalue weighted by Crippen LogP contribution is -2.12. The van der Waals surface area contributed by atoms with Crippen LogP contribution in [0.2, 0.25) is 5.15 Å². The summed E-state index contributed by atoms with van der Waals surface area (Å²) in [6.45, 7) is 3.30. The molecule has 2 aromatic rings. The van der Waals surface area contributed by atoms with Crippen LogP contribution in [0.15, 0.2) is 36.5 Å². The Hall–Kier alpha value is -2.40. The first-order valence-corrected chi connectivity index (χ1v) is 6.64. The second kappa shape index (κ2) is 6.37. The molecule has 0 aliphatic rings. The predicted octanol–water partition coefficient (Wildman–Crippen LogP) is 3.25. The number of hydrogen-bond donors (Lipinski definition) is 2. The highest BCUT2D eigenvalue weighted by Gasteiger charge is 2.08. The van der Waals surface area contributed by atoms with Gasteiger partial charge in [-0.05, 0) is 42.8 Å². The number of aryl methyl sites for hydroxylation is 1. The van der Waals surface area contributed by atoms with Crippen molar-refractivity contribution < 1.29 is 9.59 Å². The molecule has 0 atom stereocenters. The number of hydrogen-bond acceptors (Lipinski definition) is 3. The van der Waals surface area contributed by atoms with Crippen molar-refractivity contribution in [3.63, 3.8) is 0 Å². The highest BCUT2D eigenvalue weighted by atomic mass is 35.5. The Morgan fingerprint density at radius 3 is 2.52 bits per heavy atom. The molecule has 1 aromatic heterocycles. The van der Waals surface area contributed by atoms with Crippen molar-refractivity contribution in [2.45, 2.75) is 13.8 Å². The Kier molecular flexibility index (Phi) is 4.55. The van der Waals surface area contributed by atoms with Crippen LogP contribution in [-0.2, 0) is 4.79 Å². The molecule has 0 aliphatic heterocycles. The number of anilines is 2. The van der Waals surface area contributed by atoms with Crippen LogP contribution in [-0.4, -0.2) is 16.8 Å². The molecule has 0 spiro atoms. The quantitative estimate of drug-likeness (QED) is 0.855. The van der Waals surface area contributed by atoms with Gasteiger partial charge in [0.15, 0.2) is 0 Å². The predicted molar refractivity (Wildman–Crippen MR) is 82.7 cm³/mol. The third-order valence-corrected chi connectivity index (χ3v) is 2.99. The van der Waals surface area contributed by atoms with Gasteiger partial charge in [-0.2, -0.15) is 0 Å². The van der Waals surface area contributed by atoms with E-state index in [1.54, 1.807) is 24.3 Å². The van der Waals surface area contributed by atoms with Gasteiger partial charge in [0, 0.05) is 30.1 Å². The van der Waals surface area contributed by atoms with Crippen molar-refractivity contribution in [1.29, 1.82) is 0 Å². The van der Waals surface area contributed by atoms with Crippen molar-refractivity contribution in [3.8, 4) is 0 Å². The lowest BCUT2D eigenvalue weighted by molar-refractivity contribution is -0.114. The average Bonchev–Trinajstić information content (AvgIpc) is 2.41. The van der Waals surface area contributed by atoms with Crippen molar-refractivity contribution in [2.75, 3.05) is 10.6 Å². The smallest absolute Gasteiger partial charge is 0.255 e. The minimum absolute atomic E-state index is 0.138. The lowest BCUT2D eigenvalue weighted by Gasteiger charge is -2.10. The number of halogens is 1. The van der Waals surface area contributed by atoms with Gasteiger partial charge in [0.1, 0.15) is 5.15 Å². The maximum atomic E-state index is 12.1. The third-order valence-electron chi connectivity index (χ3n) is 2.78. The Morgan fingerprint density at radius 2 is 1.90 bits per heavy atom. The first-order valence-electron chi connectivity index (χ1n) is 6.27. The fourth-order valence-electron chi connectivity index (χ4n) is 1.82. The van der Waals surface area contributed by atoms with E-state index in [0.717, 1.165) is 5.56 Å². The number of rotatable bonds is 3. The summed E-state index contributed by atoms with van der Waals surface area (Å²) in [7, 11) is 0. The van der Waals surface area contributed by atoms with Crippen LogP contribution < -0.4 is 10.6 Å². The zero-order chi connectivity index (χ0) is 15.4. The van der Waals surface area contributed by atoms with Gasteiger partial charge >= 0.3 is 0 Å².